The van der Waals surface area contributed by atoms with Gasteiger partial charge >= 0.3 is 0 Å². The second-order valence-corrected chi connectivity index (χ2v) is 9.35. The van der Waals surface area contributed by atoms with E-state index in [1.807, 2.05) is 18.2 Å². The number of carbonyl (C=O) groups excluding carboxylic acids is 1. The second-order valence-electron chi connectivity index (χ2n) is 6.67. The average molecular weight is 288 g/mol. The summed E-state index contributed by atoms with van der Waals surface area (Å²) >= 11 is 0. The van der Waals surface area contributed by atoms with Crippen molar-refractivity contribution >= 4 is 26.1 Å². The highest BCUT2D eigenvalue weighted by Gasteiger charge is 2.31. The maximum Gasteiger partial charge on any atom is 0.164 e. The van der Waals surface area contributed by atoms with Gasteiger partial charge in [-0.2, -0.15) is 5.10 Å². The Morgan fingerprint density at radius 1 is 1.15 bits per heavy atom. The van der Waals surface area contributed by atoms with E-state index in [1.54, 1.807) is 0 Å². The van der Waals surface area contributed by atoms with Crippen LogP contribution in [0.5, 0.6) is 0 Å². The van der Waals surface area contributed by atoms with E-state index in [9.17, 15) is 4.79 Å². The van der Waals surface area contributed by atoms with Gasteiger partial charge in [-0.3, -0.25) is 9.47 Å². The number of rotatable bonds is 3. The zero-order valence-electron chi connectivity index (χ0n) is 12.9. The van der Waals surface area contributed by atoms with E-state index in [0.717, 1.165) is 17.8 Å². The molecule has 0 unspecified atom stereocenters. The maximum atomic E-state index is 11.9. The first-order chi connectivity index (χ1) is 9.37. The summed E-state index contributed by atoms with van der Waals surface area (Å²) in [6.45, 7) is 8.82. The minimum Gasteiger partial charge on any atom is -0.299 e. The van der Waals surface area contributed by atoms with Gasteiger partial charge in [0, 0.05) is 24.2 Å². The molecule has 4 heteroatoms. The van der Waals surface area contributed by atoms with E-state index in [4.69, 9.17) is 5.10 Å². The maximum absolute atomic E-state index is 11.9. The lowest BCUT2D eigenvalue weighted by molar-refractivity contribution is -0.120. The number of benzene rings is 1. The van der Waals surface area contributed by atoms with Crippen LogP contribution in [0.1, 0.15) is 33.1 Å². The van der Waals surface area contributed by atoms with Gasteiger partial charge in [-0.25, -0.2) is 0 Å². The summed E-state index contributed by atoms with van der Waals surface area (Å²) < 4.78 is 2.16. The van der Waals surface area contributed by atoms with Crippen LogP contribution in [0, 0.1) is 5.41 Å². The number of ketones is 1. The molecular formula is C16H24N2OSi. The van der Waals surface area contributed by atoms with Crippen molar-refractivity contribution in [1.29, 1.82) is 0 Å². The standard InChI is InChI=1S/C16H24N2OSi/c1-16(2)11-13(10-15(19)12-16)17-18(20(3)4)14-8-6-5-7-9-14/h5-9,20H,10-12H2,1-4H3. The highest BCUT2D eigenvalue weighted by atomic mass is 28.3. The summed E-state index contributed by atoms with van der Waals surface area (Å²) in [4.78, 5) is 11.9. The van der Waals surface area contributed by atoms with Crippen molar-refractivity contribution in [2.75, 3.05) is 4.67 Å². The summed E-state index contributed by atoms with van der Waals surface area (Å²) in [5.74, 6) is 0.318. The van der Waals surface area contributed by atoms with Crippen LogP contribution in [0.4, 0.5) is 5.69 Å². The van der Waals surface area contributed by atoms with Crippen LogP contribution in [0.25, 0.3) is 0 Å². The Kier molecular flexibility index (Phi) is 4.43. The molecule has 20 heavy (non-hydrogen) atoms. The molecule has 3 nitrogen and oxygen atoms in total. The first-order valence-corrected chi connectivity index (χ1v) is 10.1. The minimum atomic E-state index is -1.11. The minimum absolute atomic E-state index is 0.0507. The van der Waals surface area contributed by atoms with Crippen molar-refractivity contribution in [2.24, 2.45) is 10.5 Å². The number of para-hydroxylation sites is 1. The van der Waals surface area contributed by atoms with Crippen LogP contribution in [-0.4, -0.2) is 20.5 Å². The van der Waals surface area contributed by atoms with Crippen molar-refractivity contribution in [3.05, 3.63) is 30.3 Å². The third kappa shape index (κ3) is 3.79. The van der Waals surface area contributed by atoms with Gasteiger partial charge in [0.15, 0.2) is 8.96 Å². The van der Waals surface area contributed by atoms with Gasteiger partial charge < -0.3 is 0 Å². The zero-order valence-corrected chi connectivity index (χ0v) is 14.0. The Morgan fingerprint density at radius 2 is 1.80 bits per heavy atom. The van der Waals surface area contributed by atoms with Gasteiger partial charge in [0.25, 0.3) is 0 Å². The van der Waals surface area contributed by atoms with Crippen LogP contribution in [-0.2, 0) is 4.79 Å². The number of Topliss-reactive ketones (excluding diaryl/α,β-unsaturated/α-hetero) is 1. The monoisotopic (exact) mass is 288 g/mol. The first-order valence-electron chi connectivity index (χ1n) is 7.30. The Morgan fingerprint density at radius 3 is 2.35 bits per heavy atom. The molecule has 1 aromatic carbocycles. The van der Waals surface area contributed by atoms with E-state index >= 15 is 0 Å². The summed E-state index contributed by atoms with van der Waals surface area (Å²) in [5.41, 5.74) is 2.23. The van der Waals surface area contributed by atoms with Crippen LogP contribution >= 0.6 is 0 Å². The number of anilines is 1. The van der Waals surface area contributed by atoms with Crippen LogP contribution < -0.4 is 4.67 Å². The fourth-order valence-electron chi connectivity index (χ4n) is 2.78. The van der Waals surface area contributed by atoms with Gasteiger partial charge in [0.2, 0.25) is 0 Å². The van der Waals surface area contributed by atoms with E-state index in [0.29, 0.717) is 18.6 Å². The molecule has 0 N–H and O–H groups in total. The van der Waals surface area contributed by atoms with Crippen molar-refractivity contribution in [2.45, 2.75) is 46.2 Å². The number of hydrazone groups is 1. The van der Waals surface area contributed by atoms with Gasteiger partial charge in [0.1, 0.15) is 5.78 Å². The first kappa shape index (κ1) is 15.0. The zero-order chi connectivity index (χ0) is 14.8. The van der Waals surface area contributed by atoms with Gasteiger partial charge in [-0.1, -0.05) is 45.1 Å². The Labute approximate surface area is 123 Å². The number of hydrogen-bond donors (Lipinski definition) is 0. The molecule has 1 saturated carbocycles. The molecule has 0 saturated heterocycles. The Hall–Kier alpha value is -1.42. The summed E-state index contributed by atoms with van der Waals surface area (Å²) in [6.07, 6.45) is 2.12. The van der Waals surface area contributed by atoms with E-state index in [1.165, 1.54) is 0 Å². The lowest BCUT2D eigenvalue weighted by atomic mass is 9.76. The smallest absolute Gasteiger partial charge is 0.164 e. The molecule has 2 rings (SSSR count). The molecular weight excluding hydrogens is 264 g/mol. The van der Waals surface area contributed by atoms with Crippen LogP contribution in [0.15, 0.2) is 35.4 Å². The molecule has 1 aliphatic carbocycles. The fraction of sp³-hybridized carbons (Fsp3) is 0.500. The molecule has 0 aromatic heterocycles. The molecule has 1 aliphatic rings. The van der Waals surface area contributed by atoms with Crippen LogP contribution in [0.3, 0.4) is 0 Å². The molecule has 0 amide bonds. The molecule has 0 bridgehead atoms. The highest BCUT2D eigenvalue weighted by Crippen LogP contribution is 2.32. The molecule has 0 atom stereocenters. The lowest BCUT2D eigenvalue weighted by Crippen LogP contribution is -2.34. The van der Waals surface area contributed by atoms with E-state index < -0.39 is 8.96 Å². The van der Waals surface area contributed by atoms with Crippen molar-refractivity contribution in [1.82, 2.24) is 0 Å². The molecule has 0 heterocycles. The third-order valence-corrected chi connectivity index (χ3v) is 4.91. The summed E-state index contributed by atoms with van der Waals surface area (Å²) in [5, 5.41) is 4.84. The van der Waals surface area contributed by atoms with Crippen molar-refractivity contribution in [3.63, 3.8) is 0 Å². The molecule has 1 fully saturated rings. The van der Waals surface area contributed by atoms with Crippen LogP contribution in [0.2, 0.25) is 13.1 Å². The predicted octanol–water partition coefficient (Wildman–Crippen LogP) is 3.61. The van der Waals surface area contributed by atoms with Gasteiger partial charge in [-0.05, 0) is 24.0 Å². The molecule has 1 aromatic rings. The van der Waals surface area contributed by atoms with E-state index in [2.05, 4.69) is 43.7 Å². The number of carbonyl (C=O) groups is 1. The summed E-state index contributed by atoms with van der Waals surface area (Å²) in [6, 6.07) is 10.3. The summed E-state index contributed by atoms with van der Waals surface area (Å²) in [7, 11) is -1.11. The normalized spacial score (nSPS) is 20.4. The second kappa shape index (κ2) is 5.91. The molecule has 0 radical (unpaired) electrons. The quantitative estimate of drug-likeness (QED) is 0.628. The predicted molar refractivity (Wildman–Crippen MR) is 87.9 cm³/mol. The van der Waals surface area contributed by atoms with Gasteiger partial charge in [0.05, 0.1) is 0 Å². The number of nitrogens with zero attached hydrogens (tertiary/aromatic N) is 2. The fourth-order valence-corrected chi connectivity index (χ4v) is 3.94. The topological polar surface area (TPSA) is 32.7 Å². The highest BCUT2D eigenvalue weighted by molar-refractivity contribution is 6.60. The van der Waals surface area contributed by atoms with E-state index in [-0.39, 0.29) is 5.41 Å². The van der Waals surface area contributed by atoms with Crippen molar-refractivity contribution in [3.8, 4) is 0 Å². The molecule has 108 valence electrons. The SMILES string of the molecule is C[SiH](C)N(N=C1CC(=O)CC(C)(C)C1)c1ccccc1. The Bertz CT molecular complexity index is 508. The van der Waals surface area contributed by atoms with Gasteiger partial charge in [-0.15, -0.1) is 0 Å². The third-order valence-electron chi connectivity index (χ3n) is 3.52. The van der Waals surface area contributed by atoms with Crippen molar-refractivity contribution < 1.29 is 4.79 Å². The molecule has 0 aliphatic heterocycles. The number of hydrogen-bond acceptors (Lipinski definition) is 3. The Balaban J connectivity index is 2.27. The lowest BCUT2D eigenvalue weighted by Gasteiger charge is -2.31. The average Bonchev–Trinajstić information content (AvgIpc) is 2.34. The largest absolute Gasteiger partial charge is 0.299 e. The molecule has 0 spiro atoms.